The van der Waals surface area contributed by atoms with Crippen LogP contribution in [-0.2, 0) is 13.0 Å². The monoisotopic (exact) mass is 237 g/mol. The zero-order chi connectivity index (χ0) is 12.5. The lowest BCUT2D eigenvalue weighted by Gasteiger charge is -2.17. The Morgan fingerprint density at radius 1 is 1.24 bits per heavy atom. The molecule has 1 heterocycles. The van der Waals surface area contributed by atoms with Gasteiger partial charge in [-0.15, -0.1) is 0 Å². The summed E-state index contributed by atoms with van der Waals surface area (Å²) in [4.78, 5) is 4.46. The van der Waals surface area contributed by atoms with Crippen molar-refractivity contribution in [3.8, 4) is 0 Å². The summed E-state index contributed by atoms with van der Waals surface area (Å²) in [6.45, 7) is 8.80. The van der Waals surface area contributed by atoms with Crippen LogP contribution >= 0.6 is 0 Å². The van der Waals surface area contributed by atoms with Crippen LogP contribution in [0.3, 0.4) is 0 Å². The normalized spacial score (nSPS) is 12.9. The highest BCUT2D eigenvalue weighted by molar-refractivity contribution is 4.93. The van der Waals surface area contributed by atoms with Crippen LogP contribution in [-0.4, -0.2) is 22.1 Å². The zero-order valence-corrected chi connectivity index (χ0v) is 11.6. The number of nitrogens with zero attached hydrogens (tertiary/aromatic N) is 2. The summed E-state index contributed by atoms with van der Waals surface area (Å²) in [5.74, 6) is 1.24. The molecule has 0 amide bonds. The highest BCUT2D eigenvalue weighted by atomic mass is 15.1. The Morgan fingerprint density at radius 3 is 2.71 bits per heavy atom. The predicted molar refractivity (Wildman–Crippen MR) is 73.2 cm³/mol. The van der Waals surface area contributed by atoms with Gasteiger partial charge in [-0.1, -0.05) is 27.2 Å². The maximum Gasteiger partial charge on any atom is 0.108 e. The topological polar surface area (TPSA) is 29.9 Å². The van der Waals surface area contributed by atoms with Gasteiger partial charge in [0, 0.05) is 31.4 Å². The predicted octanol–water partition coefficient (Wildman–Crippen LogP) is 3.00. The Kier molecular flexibility index (Phi) is 6.94. The summed E-state index contributed by atoms with van der Waals surface area (Å²) >= 11 is 0. The van der Waals surface area contributed by atoms with Gasteiger partial charge in [0.25, 0.3) is 0 Å². The van der Waals surface area contributed by atoms with E-state index in [-0.39, 0.29) is 0 Å². The van der Waals surface area contributed by atoms with Gasteiger partial charge in [-0.05, 0) is 25.8 Å². The molecule has 1 aromatic rings. The van der Waals surface area contributed by atoms with Gasteiger partial charge in [0.05, 0.1) is 0 Å². The first-order chi connectivity index (χ1) is 8.31. The van der Waals surface area contributed by atoms with Gasteiger partial charge >= 0.3 is 0 Å². The highest BCUT2D eigenvalue weighted by Crippen LogP contribution is 2.08. The fourth-order valence-electron chi connectivity index (χ4n) is 2.30. The minimum absolute atomic E-state index is 0.650. The molecule has 0 bridgehead atoms. The lowest BCUT2D eigenvalue weighted by molar-refractivity contribution is 0.451. The van der Waals surface area contributed by atoms with E-state index in [0.717, 1.165) is 19.5 Å². The molecular formula is C14H27N3. The second-order valence-electron chi connectivity index (χ2n) is 4.62. The van der Waals surface area contributed by atoms with E-state index in [4.69, 9.17) is 0 Å². The zero-order valence-electron chi connectivity index (χ0n) is 11.6. The van der Waals surface area contributed by atoms with Crippen LogP contribution in [0.15, 0.2) is 12.4 Å². The van der Waals surface area contributed by atoms with Crippen LogP contribution in [0.25, 0.3) is 0 Å². The Labute approximate surface area is 106 Å². The van der Waals surface area contributed by atoms with Gasteiger partial charge in [0.1, 0.15) is 5.82 Å². The summed E-state index contributed by atoms with van der Waals surface area (Å²) < 4.78 is 2.29. The quantitative estimate of drug-likeness (QED) is 0.715. The Morgan fingerprint density at radius 2 is 2.06 bits per heavy atom. The van der Waals surface area contributed by atoms with Crippen molar-refractivity contribution < 1.29 is 0 Å². The van der Waals surface area contributed by atoms with E-state index in [1.165, 1.54) is 31.5 Å². The molecule has 0 aromatic carbocycles. The third kappa shape index (κ3) is 4.90. The summed E-state index contributed by atoms with van der Waals surface area (Å²) in [6.07, 6.45) is 10.00. The van der Waals surface area contributed by atoms with Crippen molar-refractivity contribution in [3.05, 3.63) is 18.2 Å². The van der Waals surface area contributed by atoms with Gasteiger partial charge in [-0.2, -0.15) is 0 Å². The maximum atomic E-state index is 4.46. The maximum absolute atomic E-state index is 4.46. The summed E-state index contributed by atoms with van der Waals surface area (Å²) in [5.41, 5.74) is 0. The lowest BCUT2D eigenvalue weighted by Crippen LogP contribution is -2.29. The van der Waals surface area contributed by atoms with Crippen LogP contribution < -0.4 is 5.32 Å². The molecule has 17 heavy (non-hydrogen) atoms. The van der Waals surface area contributed by atoms with Gasteiger partial charge in [0.2, 0.25) is 0 Å². The first kappa shape index (κ1) is 14.2. The lowest BCUT2D eigenvalue weighted by atomic mass is 10.1. The fourth-order valence-corrected chi connectivity index (χ4v) is 2.30. The highest BCUT2D eigenvalue weighted by Gasteiger charge is 2.08. The van der Waals surface area contributed by atoms with Gasteiger partial charge < -0.3 is 9.88 Å². The molecule has 3 nitrogen and oxygen atoms in total. The van der Waals surface area contributed by atoms with Crippen molar-refractivity contribution in [1.29, 1.82) is 0 Å². The van der Waals surface area contributed by atoms with Crippen molar-refractivity contribution in [2.24, 2.45) is 0 Å². The molecule has 0 fully saturated rings. The number of nitrogens with one attached hydrogen (secondary N) is 1. The Bertz CT molecular complexity index is 287. The molecule has 0 aliphatic heterocycles. The molecule has 0 aliphatic rings. The second-order valence-corrected chi connectivity index (χ2v) is 4.62. The average molecular weight is 237 g/mol. The molecule has 1 atom stereocenters. The van der Waals surface area contributed by atoms with E-state index in [1.54, 1.807) is 0 Å². The van der Waals surface area contributed by atoms with Crippen molar-refractivity contribution in [1.82, 2.24) is 14.9 Å². The summed E-state index contributed by atoms with van der Waals surface area (Å²) in [7, 11) is 0. The minimum Gasteiger partial charge on any atom is -0.335 e. The van der Waals surface area contributed by atoms with Gasteiger partial charge in [-0.3, -0.25) is 0 Å². The minimum atomic E-state index is 0.650. The van der Waals surface area contributed by atoms with Crippen LogP contribution in [0.2, 0.25) is 0 Å². The van der Waals surface area contributed by atoms with Crippen molar-refractivity contribution >= 4 is 0 Å². The largest absolute Gasteiger partial charge is 0.335 e. The average Bonchev–Trinajstić information content (AvgIpc) is 2.75. The van der Waals surface area contributed by atoms with Crippen LogP contribution in [0.1, 0.15) is 52.3 Å². The van der Waals surface area contributed by atoms with Crippen LogP contribution in [0.4, 0.5) is 0 Å². The Hall–Kier alpha value is -0.830. The Balaban J connectivity index is 2.43. The third-order valence-electron chi connectivity index (χ3n) is 3.11. The molecule has 98 valence electrons. The molecule has 0 saturated carbocycles. The first-order valence-corrected chi connectivity index (χ1v) is 7.05. The molecule has 0 spiro atoms. The number of aryl methyl sites for hydroxylation is 2. The second kappa shape index (κ2) is 8.29. The molecule has 0 saturated heterocycles. The standard InChI is InChI=1S/C14H27N3/c1-4-7-13(15-6-3)8-9-14-16-10-12-17(14)11-5-2/h10,12-13,15H,4-9,11H2,1-3H3. The first-order valence-electron chi connectivity index (χ1n) is 7.05. The van der Waals surface area contributed by atoms with E-state index in [2.05, 4.69) is 41.8 Å². The van der Waals surface area contributed by atoms with Crippen molar-refractivity contribution in [2.75, 3.05) is 6.54 Å². The van der Waals surface area contributed by atoms with Crippen LogP contribution in [0.5, 0.6) is 0 Å². The van der Waals surface area contributed by atoms with Crippen LogP contribution in [0, 0.1) is 0 Å². The fraction of sp³-hybridized carbons (Fsp3) is 0.786. The smallest absolute Gasteiger partial charge is 0.108 e. The molecule has 1 unspecified atom stereocenters. The molecule has 1 aromatic heterocycles. The van der Waals surface area contributed by atoms with E-state index in [9.17, 15) is 0 Å². The number of hydrogen-bond donors (Lipinski definition) is 1. The van der Waals surface area contributed by atoms with Gasteiger partial charge in [0.15, 0.2) is 0 Å². The van der Waals surface area contributed by atoms with Crippen molar-refractivity contribution in [3.63, 3.8) is 0 Å². The molecular weight excluding hydrogens is 210 g/mol. The third-order valence-corrected chi connectivity index (χ3v) is 3.11. The van der Waals surface area contributed by atoms with Gasteiger partial charge in [-0.25, -0.2) is 4.98 Å². The summed E-state index contributed by atoms with van der Waals surface area (Å²) in [6, 6.07) is 0.650. The van der Waals surface area contributed by atoms with Crippen molar-refractivity contribution in [2.45, 2.75) is 65.5 Å². The van der Waals surface area contributed by atoms with E-state index >= 15 is 0 Å². The molecule has 3 heteroatoms. The molecule has 1 N–H and O–H groups in total. The van der Waals surface area contributed by atoms with E-state index < -0.39 is 0 Å². The SMILES string of the molecule is CCCC(CCc1nccn1CCC)NCC. The number of hydrogen-bond acceptors (Lipinski definition) is 2. The number of aromatic nitrogens is 2. The molecule has 1 rings (SSSR count). The molecule has 0 radical (unpaired) electrons. The summed E-state index contributed by atoms with van der Waals surface area (Å²) in [5, 5.41) is 3.56. The number of rotatable bonds is 9. The van der Waals surface area contributed by atoms with E-state index in [0.29, 0.717) is 6.04 Å². The molecule has 0 aliphatic carbocycles. The van der Waals surface area contributed by atoms with E-state index in [1.807, 2.05) is 6.20 Å². The number of imidazole rings is 1.